The standard InChI is InChI=1S/C15H22O3/c1-9-4-6-11-12(15(11,2)3)8-10(14(17)18)5-7-13(9)16/h8,11-13,16H,1,4-7H2,2-3H3,(H,17,18)/b10-8+/t11-,12+,13-/m0/s1. The van der Waals surface area contributed by atoms with E-state index in [1.807, 2.05) is 6.08 Å². The average molecular weight is 250 g/mol. The van der Waals surface area contributed by atoms with E-state index < -0.39 is 12.1 Å². The van der Waals surface area contributed by atoms with Crippen molar-refractivity contribution in [2.24, 2.45) is 17.3 Å². The van der Waals surface area contributed by atoms with Crippen molar-refractivity contribution in [1.82, 2.24) is 0 Å². The van der Waals surface area contributed by atoms with E-state index in [1.165, 1.54) is 0 Å². The van der Waals surface area contributed by atoms with Gasteiger partial charge in [0.05, 0.1) is 6.10 Å². The van der Waals surface area contributed by atoms with Gasteiger partial charge in [0.15, 0.2) is 0 Å². The zero-order valence-electron chi connectivity index (χ0n) is 11.1. The van der Waals surface area contributed by atoms with E-state index >= 15 is 0 Å². The highest BCUT2D eigenvalue weighted by atomic mass is 16.4. The zero-order valence-corrected chi connectivity index (χ0v) is 11.1. The van der Waals surface area contributed by atoms with Crippen LogP contribution in [0.2, 0.25) is 0 Å². The molecule has 100 valence electrons. The van der Waals surface area contributed by atoms with Gasteiger partial charge in [-0.3, -0.25) is 0 Å². The normalized spacial score (nSPS) is 38.3. The van der Waals surface area contributed by atoms with Gasteiger partial charge in [-0.1, -0.05) is 26.5 Å². The molecule has 0 aromatic heterocycles. The van der Waals surface area contributed by atoms with E-state index in [0.29, 0.717) is 30.3 Å². The van der Waals surface area contributed by atoms with Crippen LogP contribution >= 0.6 is 0 Å². The summed E-state index contributed by atoms with van der Waals surface area (Å²) in [6.07, 6.45) is 4.10. The Labute approximate surface area is 108 Å². The average Bonchev–Trinajstić information content (AvgIpc) is 2.80. The summed E-state index contributed by atoms with van der Waals surface area (Å²) in [6.45, 7) is 8.30. The van der Waals surface area contributed by atoms with Crippen molar-refractivity contribution < 1.29 is 15.0 Å². The van der Waals surface area contributed by atoms with Gasteiger partial charge in [0.1, 0.15) is 0 Å². The van der Waals surface area contributed by atoms with Gasteiger partial charge in [-0.05, 0) is 48.5 Å². The number of rotatable bonds is 1. The minimum atomic E-state index is -0.852. The largest absolute Gasteiger partial charge is 0.478 e. The Balaban J connectivity index is 2.23. The van der Waals surface area contributed by atoms with E-state index in [9.17, 15) is 15.0 Å². The molecule has 0 aromatic rings. The first-order valence-corrected chi connectivity index (χ1v) is 6.63. The number of aliphatic carboxylic acids is 1. The van der Waals surface area contributed by atoms with Crippen molar-refractivity contribution in [2.75, 3.05) is 0 Å². The number of carboxylic acids is 1. The van der Waals surface area contributed by atoms with Gasteiger partial charge in [0.25, 0.3) is 0 Å². The molecular weight excluding hydrogens is 228 g/mol. The number of hydrogen-bond acceptors (Lipinski definition) is 2. The van der Waals surface area contributed by atoms with E-state index in [-0.39, 0.29) is 5.41 Å². The SMILES string of the molecule is C=C1CC[C@H]2[C@@H](/C=C(/C(=O)O)CC[C@@H]1O)C2(C)C. The molecule has 0 amide bonds. The Bertz CT molecular complexity index is 406. The number of carbonyl (C=O) groups is 1. The van der Waals surface area contributed by atoms with Gasteiger partial charge in [0.2, 0.25) is 0 Å². The van der Waals surface area contributed by atoms with Gasteiger partial charge >= 0.3 is 5.97 Å². The number of aliphatic hydroxyl groups excluding tert-OH is 1. The van der Waals surface area contributed by atoms with Gasteiger partial charge in [0, 0.05) is 5.57 Å². The molecule has 0 aromatic carbocycles. The first-order chi connectivity index (χ1) is 8.34. The van der Waals surface area contributed by atoms with Crippen LogP contribution < -0.4 is 0 Å². The molecule has 18 heavy (non-hydrogen) atoms. The lowest BCUT2D eigenvalue weighted by molar-refractivity contribution is -0.132. The molecule has 0 spiro atoms. The summed E-state index contributed by atoms with van der Waals surface area (Å²) in [5, 5.41) is 19.1. The van der Waals surface area contributed by atoms with Crippen molar-refractivity contribution >= 4 is 5.97 Å². The lowest BCUT2D eigenvalue weighted by Crippen LogP contribution is -2.13. The van der Waals surface area contributed by atoms with Crippen LogP contribution in [-0.2, 0) is 4.79 Å². The fourth-order valence-corrected chi connectivity index (χ4v) is 3.15. The maximum Gasteiger partial charge on any atom is 0.331 e. The third kappa shape index (κ3) is 2.37. The highest BCUT2D eigenvalue weighted by Gasteiger charge is 2.55. The summed E-state index contributed by atoms with van der Waals surface area (Å²) in [6, 6.07) is 0. The number of carboxylic acid groups (broad SMARTS) is 1. The maximum absolute atomic E-state index is 11.2. The lowest BCUT2D eigenvalue weighted by atomic mass is 9.95. The zero-order chi connectivity index (χ0) is 13.5. The Morgan fingerprint density at radius 1 is 1.39 bits per heavy atom. The van der Waals surface area contributed by atoms with Crippen molar-refractivity contribution in [3.05, 3.63) is 23.8 Å². The van der Waals surface area contributed by atoms with Crippen molar-refractivity contribution in [3.63, 3.8) is 0 Å². The topological polar surface area (TPSA) is 57.5 Å². The molecule has 2 rings (SSSR count). The molecule has 3 atom stereocenters. The monoisotopic (exact) mass is 250 g/mol. The van der Waals surface area contributed by atoms with E-state index in [1.54, 1.807) is 0 Å². The molecule has 2 aliphatic carbocycles. The van der Waals surface area contributed by atoms with Crippen molar-refractivity contribution in [1.29, 1.82) is 0 Å². The Morgan fingerprint density at radius 3 is 2.67 bits per heavy atom. The molecule has 0 radical (unpaired) electrons. The fourth-order valence-electron chi connectivity index (χ4n) is 3.15. The molecule has 0 heterocycles. The second-order valence-electron chi connectivity index (χ2n) is 6.20. The molecule has 2 N–H and O–H groups in total. The quantitative estimate of drug-likeness (QED) is 0.703. The Hall–Kier alpha value is -1.09. The highest BCUT2D eigenvalue weighted by molar-refractivity contribution is 5.86. The summed E-state index contributed by atoms with van der Waals surface area (Å²) in [7, 11) is 0. The van der Waals surface area contributed by atoms with Crippen LogP contribution in [-0.4, -0.2) is 22.3 Å². The van der Waals surface area contributed by atoms with E-state index in [0.717, 1.165) is 18.4 Å². The summed E-state index contributed by atoms with van der Waals surface area (Å²) in [5.41, 5.74) is 1.49. The third-order valence-corrected chi connectivity index (χ3v) is 4.73. The van der Waals surface area contributed by atoms with Crippen LogP contribution in [0.5, 0.6) is 0 Å². The molecule has 3 heteroatoms. The highest BCUT2D eigenvalue weighted by Crippen LogP contribution is 2.61. The molecule has 1 fully saturated rings. The van der Waals surface area contributed by atoms with Crippen LogP contribution in [0, 0.1) is 17.3 Å². The second kappa shape index (κ2) is 4.54. The molecule has 0 bridgehead atoms. The van der Waals surface area contributed by atoms with Crippen LogP contribution in [0.25, 0.3) is 0 Å². The Kier molecular flexibility index (Phi) is 3.37. The number of allylic oxidation sites excluding steroid dienone is 1. The smallest absolute Gasteiger partial charge is 0.331 e. The molecule has 3 nitrogen and oxygen atoms in total. The Morgan fingerprint density at radius 2 is 2.06 bits per heavy atom. The molecule has 0 saturated heterocycles. The van der Waals surface area contributed by atoms with Gasteiger partial charge in [-0.25, -0.2) is 4.79 Å². The third-order valence-electron chi connectivity index (χ3n) is 4.73. The van der Waals surface area contributed by atoms with Gasteiger partial charge in [-0.15, -0.1) is 0 Å². The molecular formula is C15H22O3. The first-order valence-electron chi connectivity index (χ1n) is 6.63. The molecule has 0 unspecified atom stereocenters. The summed E-state index contributed by atoms with van der Waals surface area (Å²) in [5.74, 6) is 0.0374. The molecule has 1 saturated carbocycles. The van der Waals surface area contributed by atoms with Crippen LogP contribution in [0.1, 0.15) is 39.5 Å². The van der Waals surface area contributed by atoms with Crippen LogP contribution in [0.4, 0.5) is 0 Å². The minimum absolute atomic E-state index is 0.191. The van der Waals surface area contributed by atoms with Gasteiger partial charge < -0.3 is 10.2 Å². The molecule has 0 aliphatic heterocycles. The maximum atomic E-state index is 11.2. The number of fused-ring (bicyclic) bond motifs is 1. The predicted octanol–water partition coefficient (Wildman–Crippen LogP) is 2.76. The second-order valence-corrected chi connectivity index (χ2v) is 6.20. The van der Waals surface area contributed by atoms with Crippen molar-refractivity contribution in [3.8, 4) is 0 Å². The summed E-state index contributed by atoms with van der Waals surface area (Å²) < 4.78 is 0. The molecule has 2 aliphatic rings. The summed E-state index contributed by atoms with van der Waals surface area (Å²) in [4.78, 5) is 11.2. The van der Waals surface area contributed by atoms with E-state index in [2.05, 4.69) is 20.4 Å². The predicted molar refractivity (Wildman–Crippen MR) is 70.1 cm³/mol. The number of aliphatic hydroxyl groups is 1. The lowest BCUT2D eigenvalue weighted by Gasteiger charge is -2.15. The summed E-state index contributed by atoms with van der Waals surface area (Å²) >= 11 is 0. The minimum Gasteiger partial charge on any atom is -0.478 e. The van der Waals surface area contributed by atoms with Gasteiger partial charge in [-0.2, -0.15) is 0 Å². The van der Waals surface area contributed by atoms with E-state index in [4.69, 9.17) is 0 Å². The number of hydrogen-bond donors (Lipinski definition) is 2. The van der Waals surface area contributed by atoms with Crippen LogP contribution in [0.3, 0.4) is 0 Å². The first kappa shape index (κ1) is 13.3. The van der Waals surface area contributed by atoms with Crippen molar-refractivity contribution in [2.45, 2.75) is 45.6 Å². The van der Waals surface area contributed by atoms with Crippen LogP contribution in [0.15, 0.2) is 23.8 Å². The fraction of sp³-hybridized carbons (Fsp3) is 0.667.